The minimum Gasteiger partial charge on any atom is -0.411 e. The molecule has 0 unspecified atom stereocenters. The molecule has 0 radical (unpaired) electrons. The minimum atomic E-state index is -4.60. The van der Waals surface area contributed by atoms with E-state index in [0.29, 0.717) is 5.56 Å². The SMILES string of the molecule is O=C(CSc1nnc(-c2cccc([N+](=O)[O-])c2)o1)Nc1ccccc1C(F)(F)F. The minimum absolute atomic E-state index is 0.00855. The second-order valence-electron chi connectivity index (χ2n) is 5.56. The lowest BCUT2D eigenvalue weighted by atomic mass is 10.1. The van der Waals surface area contributed by atoms with Crippen molar-refractivity contribution in [3.8, 4) is 11.5 Å². The van der Waals surface area contributed by atoms with Crippen molar-refractivity contribution in [1.82, 2.24) is 10.2 Å². The number of alkyl halides is 3. The fourth-order valence-corrected chi connectivity index (χ4v) is 2.85. The van der Waals surface area contributed by atoms with E-state index in [1.807, 2.05) is 0 Å². The number of nitro benzene ring substituents is 1. The zero-order valence-corrected chi connectivity index (χ0v) is 15.2. The summed E-state index contributed by atoms with van der Waals surface area (Å²) in [5.41, 5.74) is -1.14. The van der Waals surface area contributed by atoms with Crippen LogP contribution in [0.3, 0.4) is 0 Å². The van der Waals surface area contributed by atoms with Gasteiger partial charge >= 0.3 is 6.18 Å². The normalized spacial score (nSPS) is 11.3. The van der Waals surface area contributed by atoms with Gasteiger partial charge in [0.15, 0.2) is 0 Å². The van der Waals surface area contributed by atoms with Crippen molar-refractivity contribution in [3.05, 3.63) is 64.2 Å². The van der Waals surface area contributed by atoms with Gasteiger partial charge in [0, 0.05) is 17.7 Å². The highest BCUT2D eigenvalue weighted by Crippen LogP contribution is 2.34. The van der Waals surface area contributed by atoms with Gasteiger partial charge < -0.3 is 9.73 Å². The molecule has 0 aliphatic heterocycles. The van der Waals surface area contributed by atoms with E-state index in [2.05, 4.69) is 15.5 Å². The van der Waals surface area contributed by atoms with Crippen LogP contribution in [0, 0.1) is 10.1 Å². The predicted octanol–water partition coefficient (Wildman–Crippen LogP) is 4.39. The van der Waals surface area contributed by atoms with Gasteiger partial charge in [0.25, 0.3) is 10.9 Å². The first-order valence-electron chi connectivity index (χ1n) is 7.91. The maximum atomic E-state index is 13.0. The quantitative estimate of drug-likeness (QED) is 0.355. The van der Waals surface area contributed by atoms with Gasteiger partial charge in [-0.15, -0.1) is 10.2 Å². The second kappa shape index (κ2) is 8.31. The molecule has 3 aromatic rings. The molecule has 8 nitrogen and oxygen atoms in total. The number of carbonyl (C=O) groups is 1. The number of para-hydroxylation sites is 1. The average Bonchev–Trinajstić information content (AvgIpc) is 3.15. The van der Waals surface area contributed by atoms with Crippen LogP contribution in [0.1, 0.15) is 5.56 Å². The number of anilines is 1. The van der Waals surface area contributed by atoms with Gasteiger partial charge in [-0.3, -0.25) is 14.9 Å². The summed E-state index contributed by atoms with van der Waals surface area (Å²) in [7, 11) is 0. The largest absolute Gasteiger partial charge is 0.418 e. The van der Waals surface area contributed by atoms with Gasteiger partial charge in [-0.25, -0.2) is 0 Å². The number of carbonyl (C=O) groups excluding carboxylic acids is 1. The van der Waals surface area contributed by atoms with Crippen LogP contribution in [0.15, 0.2) is 58.2 Å². The number of nitrogens with zero attached hydrogens (tertiary/aromatic N) is 3. The third-order valence-corrected chi connectivity index (χ3v) is 4.36. The van der Waals surface area contributed by atoms with Gasteiger partial charge in [-0.1, -0.05) is 30.0 Å². The van der Waals surface area contributed by atoms with E-state index in [1.165, 1.54) is 36.4 Å². The lowest BCUT2D eigenvalue weighted by Gasteiger charge is -2.13. The van der Waals surface area contributed by atoms with Crippen molar-refractivity contribution in [2.75, 3.05) is 11.1 Å². The molecule has 29 heavy (non-hydrogen) atoms. The van der Waals surface area contributed by atoms with Crippen LogP contribution in [0.4, 0.5) is 24.5 Å². The number of halogens is 3. The summed E-state index contributed by atoms with van der Waals surface area (Å²) in [6, 6.07) is 10.2. The molecule has 0 aliphatic carbocycles. The molecule has 1 N–H and O–H groups in total. The molecule has 0 spiro atoms. The molecular weight excluding hydrogens is 413 g/mol. The Morgan fingerprint density at radius 1 is 1.17 bits per heavy atom. The number of non-ortho nitro benzene ring substituents is 1. The molecule has 2 aromatic carbocycles. The van der Waals surface area contributed by atoms with E-state index in [9.17, 15) is 28.1 Å². The first kappa shape index (κ1) is 20.3. The van der Waals surface area contributed by atoms with E-state index in [0.717, 1.165) is 23.9 Å². The fourth-order valence-electron chi connectivity index (χ4n) is 2.29. The first-order valence-corrected chi connectivity index (χ1v) is 8.90. The number of amides is 1. The van der Waals surface area contributed by atoms with Crippen LogP contribution in [0.2, 0.25) is 0 Å². The number of thioether (sulfide) groups is 1. The molecule has 1 aromatic heterocycles. The summed E-state index contributed by atoms with van der Waals surface area (Å²) in [4.78, 5) is 22.2. The monoisotopic (exact) mass is 424 g/mol. The van der Waals surface area contributed by atoms with Crippen molar-refractivity contribution in [3.63, 3.8) is 0 Å². The van der Waals surface area contributed by atoms with Crippen LogP contribution < -0.4 is 5.32 Å². The van der Waals surface area contributed by atoms with Crippen molar-refractivity contribution < 1.29 is 27.3 Å². The van der Waals surface area contributed by atoms with E-state index in [1.54, 1.807) is 0 Å². The Balaban J connectivity index is 1.64. The maximum Gasteiger partial charge on any atom is 0.418 e. The summed E-state index contributed by atoms with van der Waals surface area (Å²) in [6.45, 7) is 0. The average molecular weight is 424 g/mol. The summed E-state index contributed by atoms with van der Waals surface area (Å²) in [5, 5.41) is 20.5. The summed E-state index contributed by atoms with van der Waals surface area (Å²) in [5.74, 6) is -0.955. The molecule has 3 rings (SSSR count). The third-order valence-electron chi connectivity index (χ3n) is 3.54. The Bertz CT molecular complexity index is 1050. The second-order valence-corrected chi connectivity index (χ2v) is 6.49. The number of nitrogens with one attached hydrogen (secondary N) is 1. The molecule has 0 saturated carbocycles. The zero-order chi connectivity index (χ0) is 21.0. The summed E-state index contributed by atoms with van der Waals surface area (Å²) >= 11 is 0.820. The van der Waals surface area contributed by atoms with E-state index >= 15 is 0 Å². The molecule has 1 amide bonds. The van der Waals surface area contributed by atoms with Crippen LogP contribution in [0.25, 0.3) is 11.5 Å². The van der Waals surface area contributed by atoms with Crippen LogP contribution in [-0.4, -0.2) is 26.8 Å². The van der Waals surface area contributed by atoms with Crippen molar-refractivity contribution in [2.45, 2.75) is 11.4 Å². The highest BCUT2D eigenvalue weighted by molar-refractivity contribution is 7.99. The number of nitro groups is 1. The molecular formula is C17H11F3N4O4S. The van der Waals surface area contributed by atoms with Gasteiger partial charge in [0.2, 0.25) is 11.8 Å². The third kappa shape index (κ3) is 5.10. The number of hydrogen-bond acceptors (Lipinski definition) is 7. The molecule has 1 heterocycles. The van der Waals surface area contributed by atoms with Gasteiger partial charge in [-0.05, 0) is 18.2 Å². The zero-order valence-electron chi connectivity index (χ0n) is 14.3. The Hall–Kier alpha value is -3.41. The number of hydrogen-bond donors (Lipinski definition) is 1. The molecule has 150 valence electrons. The molecule has 0 fully saturated rings. The molecule has 0 aliphatic rings. The Labute approximate surface area is 165 Å². The lowest BCUT2D eigenvalue weighted by Crippen LogP contribution is -2.18. The Morgan fingerprint density at radius 3 is 2.66 bits per heavy atom. The van der Waals surface area contributed by atoms with Crippen molar-refractivity contribution in [1.29, 1.82) is 0 Å². The fraction of sp³-hybridized carbons (Fsp3) is 0.118. The van der Waals surface area contributed by atoms with Crippen LogP contribution in [-0.2, 0) is 11.0 Å². The van der Waals surface area contributed by atoms with Crippen LogP contribution in [0.5, 0.6) is 0 Å². The van der Waals surface area contributed by atoms with E-state index < -0.39 is 22.6 Å². The predicted molar refractivity (Wildman–Crippen MR) is 97.2 cm³/mol. The number of aromatic nitrogens is 2. The molecule has 0 bridgehead atoms. The Kier molecular flexibility index (Phi) is 5.82. The van der Waals surface area contributed by atoms with E-state index in [-0.39, 0.29) is 28.2 Å². The van der Waals surface area contributed by atoms with Gasteiger partial charge in [0.05, 0.1) is 21.9 Å². The topological polar surface area (TPSA) is 111 Å². The molecule has 0 saturated heterocycles. The van der Waals surface area contributed by atoms with Gasteiger partial charge in [-0.2, -0.15) is 13.2 Å². The first-order chi connectivity index (χ1) is 13.7. The summed E-state index contributed by atoms with van der Waals surface area (Å²) in [6.07, 6.45) is -4.60. The van der Waals surface area contributed by atoms with Gasteiger partial charge in [0.1, 0.15) is 0 Å². The number of rotatable bonds is 6. The number of benzene rings is 2. The smallest absolute Gasteiger partial charge is 0.411 e. The van der Waals surface area contributed by atoms with Crippen molar-refractivity contribution in [2.24, 2.45) is 0 Å². The maximum absolute atomic E-state index is 13.0. The Morgan fingerprint density at radius 2 is 1.93 bits per heavy atom. The highest BCUT2D eigenvalue weighted by atomic mass is 32.2. The molecule has 0 atom stereocenters. The molecule has 12 heteroatoms. The van der Waals surface area contributed by atoms with Crippen LogP contribution >= 0.6 is 11.8 Å². The lowest BCUT2D eigenvalue weighted by molar-refractivity contribution is -0.384. The van der Waals surface area contributed by atoms with E-state index in [4.69, 9.17) is 4.42 Å². The van der Waals surface area contributed by atoms with Crippen molar-refractivity contribution >= 4 is 29.0 Å². The summed E-state index contributed by atoms with van der Waals surface area (Å²) < 4.78 is 44.2. The highest BCUT2D eigenvalue weighted by Gasteiger charge is 2.33. The standard InChI is InChI=1S/C17H11F3N4O4S/c18-17(19,20)12-6-1-2-7-13(12)21-14(25)9-29-16-23-22-15(28-16)10-4-3-5-11(8-10)24(26)27/h1-8H,9H2,(H,21,25).